The molecule has 0 bridgehead atoms. The summed E-state index contributed by atoms with van der Waals surface area (Å²) in [5.41, 5.74) is -0.759. The zero-order valence-electron chi connectivity index (χ0n) is 10.9. The van der Waals surface area contributed by atoms with Crippen molar-refractivity contribution in [2.45, 2.75) is 26.1 Å². The fourth-order valence-electron chi connectivity index (χ4n) is 1.53. The van der Waals surface area contributed by atoms with Gasteiger partial charge in [-0.3, -0.25) is 4.98 Å². The maximum Gasteiger partial charge on any atom is 0.433 e. The van der Waals surface area contributed by atoms with Crippen LogP contribution in [0.1, 0.15) is 18.2 Å². The highest BCUT2D eigenvalue weighted by molar-refractivity contribution is 5.80. The Morgan fingerprint density at radius 2 is 2.10 bits per heavy atom. The van der Waals surface area contributed by atoms with Gasteiger partial charge in [-0.15, -0.1) is 0 Å². The highest BCUT2D eigenvalue weighted by Crippen LogP contribution is 2.27. The predicted octanol–water partition coefficient (Wildman–Crippen LogP) is 3.07. The maximum atomic E-state index is 12.5. The standard InChI is InChI=1S/C12H11F5N4/c1-8(20-7-18)21(6-11(13)14)5-9-2-3-10(19-4-9)12(15,16)17/h2-4,11H,5-6H2,1H3. The lowest BCUT2D eigenvalue weighted by molar-refractivity contribution is -0.141. The molecule has 0 aliphatic carbocycles. The van der Waals surface area contributed by atoms with E-state index < -0.39 is 24.8 Å². The molecule has 0 spiro atoms. The summed E-state index contributed by atoms with van der Waals surface area (Å²) in [4.78, 5) is 7.68. The lowest BCUT2D eigenvalue weighted by Gasteiger charge is -2.23. The molecule has 1 aromatic heterocycles. The fraction of sp³-hybridized carbons (Fsp3) is 0.417. The molecule has 0 atom stereocenters. The Bertz CT molecular complexity index is 530. The Hall–Kier alpha value is -2.24. The predicted molar refractivity (Wildman–Crippen MR) is 64.4 cm³/mol. The molecule has 1 rings (SSSR count). The second-order valence-corrected chi connectivity index (χ2v) is 4.08. The quantitative estimate of drug-likeness (QED) is 0.372. The number of halogens is 5. The largest absolute Gasteiger partial charge is 0.433 e. The van der Waals surface area contributed by atoms with Gasteiger partial charge >= 0.3 is 6.18 Å². The summed E-state index contributed by atoms with van der Waals surface area (Å²) in [5.74, 6) is 0.0534. The zero-order chi connectivity index (χ0) is 16.0. The molecule has 0 aromatic carbocycles. The molecule has 0 aliphatic rings. The van der Waals surface area contributed by atoms with Crippen molar-refractivity contribution in [2.75, 3.05) is 6.54 Å². The molecule has 21 heavy (non-hydrogen) atoms. The topological polar surface area (TPSA) is 52.3 Å². The monoisotopic (exact) mass is 306 g/mol. The average Bonchev–Trinajstić information content (AvgIpc) is 2.37. The number of hydrogen-bond donors (Lipinski definition) is 0. The molecular formula is C12H11F5N4. The van der Waals surface area contributed by atoms with Crippen molar-refractivity contribution in [1.29, 1.82) is 5.26 Å². The van der Waals surface area contributed by atoms with Crippen LogP contribution in [-0.4, -0.2) is 28.7 Å². The molecule has 1 aromatic rings. The summed E-state index contributed by atoms with van der Waals surface area (Å²) in [7, 11) is 0. The van der Waals surface area contributed by atoms with Crippen molar-refractivity contribution in [1.82, 2.24) is 9.88 Å². The van der Waals surface area contributed by atoms with E-state index in [2.05, 4.69) is 9.98 Å². The maximum absolute atomic E-state index is 12.5. The molecule has 0 N–H and O–H groups in total. The second-order valence-electron chi connectivity index (χ2n) is 4.08. The minimum atomic E-state index is -4.56. The van der Waals surface area contributed by atoms with Gasteiger partial charge in [-0.2, -0.15) is 23.4 Å². The van der Waals surface area contributed by atoms with Crippen LogP contribution in [0.4, 0.5) is 22.0 Å². The number of amidine groups is 1. The van der Waals surface area contributed by atoms with Crippen LogP contribution >= 0.6 is 0 Å². The van der Waals surface area contributed by atoms with Gasteiger partial charge in [0, 0.05) is 12.7 Å². The van der Waals surface area contributed by atoms with Gasteiger partial charge in [0.15, 0.2) is 0 Å². The molecule has 9 heteroatoms. The van der Waals surface area contributed by atoms with Gasteiger partial charge in [0.05, 0.1) is 6.54 Å². The second kappa shape index (κ2) is 6.97. The number of rotatable bonds is 4. The Kier molecular flexibility index (Phi) is 5.58. The van der Waals surface area contributed by atoms with Crippen LogP contribution < -0.4 is 0 Å². The van der Waals surface area contributed by atoms with E-state index in [4.69, 9.17) is 5.26 Å². The van der Waals surface area contributed by atoms with Gasteiger partial charge < -0.3 is 4.90 Å². The molecule has 0 saturated carbocycles. The summed E-state index contributed by atoms with van der Waals surface area (Å²) in [6, 6.07) is 1.92. The number of pyridine rings is 1. The van der Waals surface area contributed by atoms with Gasteiger partial charge in [0.25, 0.3) is 6.43 Å². The minimum Gasteiger partial charge on any atom is -0.349 e. The molecule has 0 fully saturated rings. The van der Waals surface area contributed by atoms with Crippen molar-refractivity contribution in [3.05, 3.63) is 29.6 Å². The molecule has 0 unspecified atom stereocenters. The van der Waals surface area contributed by atoms with Crippen molar-refractivity contribution < 1.29 is 22.0 Å². The van der Waals surface area contributed by atoms with E-state index in [-0.39, 0.29) is 12.4 Å². The van der Waals surface area contributed by atoms with Crippen LogP contribution in [0, 0.1) is 11.5 Å². The van der Waals surface area contributed by atoms with E-state index in [0.717, 1.165) is 23.2 Å². The van der Waals surface area contributed by atoms with Gasteiger partial charge in [0.1, 0.15) is 11.5 Å². The number of aromatic nitrogens is 1. The highest BCUT2D eigenvalue weighted by atomic mass is 19.4. The lowest BCUT2D eigenvalue weighted by atomic mass is 10.2. The molecule has 0 saturated heterocycles. The van der Waals surface area contributed by atoms with Crippen LogP contribution in [0.5, 0.6) is 0 Å². The van der Waals surface area contributed by atoms with E-state index in [1.165, 1.54) is 13.1 Å². The van der Waals surface area contributed by atoms with Gasteiger partial charge in [0.2, 0.25) is 6.19 Å². The van der Waals surface area contributed by atoms with Crippen LogP contribution in [0.25, 0.3) is 0 Å². The third-order valence-electron chi connectivity index (χ3n) is 2.52. The van der Waals surface area contributed by atoms with Crippen LogP contribution in [0.2, 0.25) is 0 Å². The Labute approximate surface area is 117 Å². The van der Waals surface area contributed by atoms with Crippen LogP contribution in [-0.2, 0) is 12.7 Å². The lowest BCUT2D eigenvalue weighted by Crippen LogP contribution is -2.33. The fourth-order valence-corrected chi connectivity index (χ4v) is 1.53. The number of nitriles is 1. The van der Waals surface area contributed by atoms with Gasteiger partial charge in [-0.25, -0.2) is 8.78 Å². The summed E-state index contributed by atoms with van der Waals surface area (Å²) in [5, 5.41) is 8.42. The third kappa shape index (κ3) is 5.33. The van der Waals surface area contributed by atoms with Crippen molar-refractivity contribution in [2.24, 2.45) is 4.99 Å². The summed E-state index contributed by atoms with van der Waals surface area (Å²) >= 11 is 0. The van der Waals surface area contributed by atoms with Crippen molar-refractivity contribution >= 4 is 5.84 Å². The number of alkyl halides is 5. The van der Waals surface area contributed by atoms with E-state index in [9.17, 15) is 22.0 Å². The van der Waals surface area contributed by atoms with Crippen molar-refractivity contribution in [3.8, 4) is 6.19 Å². The number of nitrogens with zero attached hydrogens (tertiary/aromatic N) is 4. The Morgan fingerprint density at radius 3 is 2.52 bits per heavy atom. The van der Waals surface area contributed by atoms with Crippen LogP contribution in [0.15, 0.2) is 23.3 Å². The van der Waals surface area contributed by atoms with Crippen LogP contribution in [0.3, 0.4) is 0 Å². The zero-order valence-corrected chi connectivity index (χ0v) is 10.9. The normalized spacial score (nSPS) is 12.4. The molecule has 0 aliphatic heterocycles. The Morgan fingerprint density at radius 1 is 1.43 bits per heavy atom. The molecular weight excluding hydrogens is 295 g/mol. The molecule has 114 valence electrons. The number of hydrogen-bond acceptors (Lipinski definition) is 3. The van der Waals surface area contributed by atoms with E-state index >= 15 is 0 Å². The van der Waals surface area contributed by atoms with E-state index in [1.54, 1.807) is 0 Å². The molecule has 4 nitrogen and oxygen atoms in total. The third-order valence-corrected chi connectivity index (χ3v) is 2.52. The first-order valence-electron chi connectivity index (χ1n) is 5.72. The van der Waals surface area contributed by atoms with E-state index in [0.29, 0.717) is 5.56 Å². The molecule has 0 amide bonds. The van der Waals surface area contributed by atoms with Gasteiger partial charge in [-0.05, 0) is 18.6 Å². The van der Waals surface area contributed by atoms with Crippen molar-refractivity contribution in [3.63, 3.8) is 0 Å². The smallest absolute Gasteiger partial charge is 0.349 e. The summed E-state index contributed by atoms with van der Waals surface area (Å²) in [6.45, 7) is 0.563. The highest BCUT2D eigenvalue weighted by Gasteiger charge is 2.32. The SMILES string of the molecule is CC(=NC#N)N(Cc1ccc(C(F)(F)F)nc1)CC(F)F. The Balaban J connectivity index is 2.89. The summed E-state index contributed by atoms with van der Waals surface area (Å²) in [6.07, 6.45) is -4.79. The first-order chi connectivity index (χ1) is 9.74. The van der Waals surface area contributed by atoms with Gasteiger partial charge in [-0.1, -0.05) is 6.07 Å². The molecule has 0 radical (unpaired) electrons. The minimum absolute atomic E-state index is 0.0534. The average molecular weight is 306 g/mol. The summed E-state index contributed by atoms with van der Waals surface area (Å²) < 4.78 is 62.0. The number of aliphatic imine (C=N–C) groups is 1. The van der Waals surface area contributed by atoms with E-state index in [1.807, 2.05) is 0 Å². The molecule has 1 heterocycles. The first-order valence-corrected chi connectivity index (χ1v) is 5.72. The first kappa shape index (κ1) is 16.8.